The van der Waals surface area contributed by atoms with Crippen molar-refractivity contribution in [2.24, 2.45) is 0 Å². The summed E-state index contributed by atoms with van der Waals surface area (Å²) in [5.74, 6) is -0.845. The van der Waals surface area contributed by atoms with Crippen LogP contribution in [-0.4, -0.2) is 37.2 Å². The zero-order chi connectivity index (χ0) is 52.2. The predicted molar refractivity (Wildman–Crippen MR) is 312 cm³/mol. The van der Waals surface area contributed by atoms with E-state index < -0.39 is 6.10 Å². The Bertz CT molecular complexity index is 1160. The Morgan fingerprint density at radius 3 is 0.764 bits per heavy atom. The van der Waals surface area contributed by atoms with E-state index in [2.05, 4.69) is 45.1 Å². The minimum Gasteiger partial charge on any atom is -0.462 e. The minimum absolute atomic E-state index is 0.0660. The van der Waals surface area contributed by atoms with E-state index in [1.165, 1.54) is 257 Å². The fraction of sp³-hybridized carbons (Fsp3) is 0.894. The van der Waals surface area contributed by atoms with Crippen molar-refractivity contribution in [2.75, 3.05) is 13.2 Å². The number of ether oxygens (including phenoxy) is 3. The molecular weight excluding hydrogens is 889 g/mol. The molecule has 6 nitrogen and oxygen atoms in total. The molecule has 1 unspecified atom stereocenters. The van der Waals surface area contributed by atoms with Crippen molar-refractivity contribution in [3.8, 4) is 0 Å². The molecule has 0 aromatic heterocycles. The van der Waals surface area contributed by atoms with Crippen molar-refractivity contribution in [1.82, 2.24) is 0 Å². The van der Waals surface area contributed by atoms with Crippen LogP contribution in [0.15, 0.2) is 24.3 Å². The van der Waals surface area contributed by atoms with Gasteiger partial charge >= 0.3 is 17.9 Å². The third-order valence-electron chi connectivity index (χ3n) is 14.7. The topological polar surface area (TPSA) is 78.9 Å². The Morgan fingerprint density at radius 2 is 0.500 bits per heavy atom. The van der Waals surface area contributed by atoms with Crippen molar-refractivity contribution < 1.29 is 28.6 Å². The minimum atomic E-state index is -0.767. The first kappa shape index (κ1) is 69.9. The predicted octanol–water partition coefficient (Wildman–Crippen LogP) is 21.8. The van der Waals surface area contributed by atoms with Gasteiger partial charge in [-0.3, -0.25) is 14.4 Å². The third kappa shape index (κ3) is 58.8. The lowest BCUT2D eigenvalue weighted by Crippen LogP contribution is -2.30. The van der Waals surface area contributed by atoms with E-state index in [0.29, 0.717) is 19.3 Å². The van der Waals surface area contributed by atoms with Crippen LogP contribution in [0.25, 0.3) is 0 Å². The molecule has 0 saturated carbocycles. The highest BCUT2D eigenvalue weighted by atomic mass is 16.6. The van der Waals surface area contributed by atoms with Crippen LogP contribution >= 0.6 is 0 Å². The quantitative estimate of drug-likeness (QED) is 0.0261. The molecule has 0 aliphatic heterocycles. The highest BCUT2D eigenvalue weighted by molar-refractivity contribution is 5.71. The second-order valence-corrected chi connectivity index (χ2v) is 22.0. The molecule has 424 valence electrons. The number of esters is 3. The highest BCUT2D eigenvalue weighted by Crippen LogP contribution is 2.18. The molecule has 0 aromatic carbocycles. The van der Waals surface area contributed by atoms with Gasteiger partial charge in [-0.25, -0.2) is 0 Å². The second-order valence-electron chi connectivity index (χ2n) is 22.0. The van der Waals surface area contributed by atoms with Gasteiger partial charge in [0.15, 0.2) is 6.10 Å². The largest absolute Gasteiger partial charge is 0.462 e. The summed E-state index contributed by atoms with van der Waals surface area (Å²) in [4.78, 5) is 38.2. The standard InChI is InChI=1S/C66H124O6/c1-4-7-10-13-16-19-21-23-25-27-29-31-33-35-36-38-40-42-44-47-50-53-56-59-65(68)71-62-63(61-70-64(67)58-55-52-49-46-18-15-12-9-6-3)72-66(69)60-57-54-51-48-45-43-41-39-37-34-32-30-28-26-24-22-20-17-14-11-8-5-2/h21,23,27,29,63H,4-20,22,24-26,28,30-62H2,1-3H3/b23-21-,29-27-. The van der Waals surface area contributed by atoms with Crippen LogP contribution in [0.5, 0.6) is 0 Å². The maximum absolute atomic E-state index is 12.9. The number of carbonyl (C=O) groups excluding carboxylic acids is 3. The Morgan fingerprint density at radius 1 is 0.278 bits per heavy atom. The number of hydrogen-bond donors (Lipinski definition) is 0. The van der Waals surface area contributed by atoms with Gasteiger partial charge in [0, 0.05) is 19.3 Å². The first-order valence-electron chi connectivity index (χ1n) is 32.3. The summed E-state index contributed by atoms with van der Waals surface area (Å²) >= 11 is 0. The molecule has 0 aliphatic rings. The van der Waals surface area contributed by atoms with Crippen LogP contribution in [0, 0.1) is 0 Å². The molecule has 0 aromatic rings. The van der Waals surface area contributed by atoms with Crippen LogP contribution in [0.3, 0.4) is 0 Å². The average molecular weight is 1010 g/mol. The van der Waals surface area contributed by atoms with Gasteiger partial charge in [0.2, 0.25) is 0 Å². The summed E-state index contributed by atoms with van der Waals surface area (Å²) in [5, 5.41) is 0. The molecule has 0 amide bonds. The molecule has 0 spiro atoms. The SMILES string of the molecule is CCCCCCC/C=C\C/C=C\CCCCCCCCCCCCCC(=O)OCC(COC(=O)CCCCCCCCCCC)OC(=O)CCCCCCCCCCCCCCCCCCCCCCCC. The van der Waals surface area contributed by atoms with Gasteiger partial charge in [0.25, 0.3) is 0 Å². The smallest absolute Gasteiger partial charge is 0.306 e. The van der Waals surface area contributed by atoms with E-state index in [9.17, 15) is 14.4 Å². The maximum Gasteiger partial charge on any atom is 0.306 e. The third-order valence-corrected chi connectivity index (χ3v) is 14.7. The van der Waals surface area contributed by atoms with Crippen LogP contribution in [0.2, 0.25) is 0 Å². The zero-order valence-electron chi connectivity index (χ0n) is 48.7. The van der Waals surface area contributed by atoms with E-state index in [-0.39, 0.29) is 31.1 Å². The number of unbranched alkanes of at least 4 members (excludes halogenated alkanes) is 45. The summed E-state index contributed by atoms with van der Waals surface area (Å²) in [7, 11) is 0. The van der Waals surface area contributed by atoms with Crippen molar-refractivity contribution in [1.29, 1.82) is 0 Å². The lowest BCUT2D eigenvalue weighted by Gasteiger charge is -2.18. The fourth-order valence-electron chi connectivity index (χ4n) is 9.83. The van der Waals surface area contributed by atoms with E-state index >= 15 is 0 Å². The van der Waals surface area contributed by atoms with Gasteiger partial charge in [-0.15, -0.1) is 0 Å². The number of rotatable bonds is 60. The number of allylic oxidation sites excluding steroid dienone is 4. The molecule has 1 atom stereocenters. The van der Waals surface area contributed by atoms with Crippen molar-refractivity contribution >= 4 is 17.9 Å². The Kier molecular flexibility index (Phi) is 59.6. The summed E-state index contributed by atoms with van der Waals surface area (Å²) in [5.41, 5.74) is 0. The first-order valence-corrected chi connectivity index (χ1v) is 32.3. The summed E-state index contributed by atoms with van der Waals surface area (Å²) in [6, 6.07) is 0. The molecular formula is C66H124O6. The Labute approximate surface area is 449 Å². The molecule has 0 rings (SSSR count). The summed E-state index contributed by atoms with van der Waals surface area (Å²) in [6.07, 6.45) is 73.4. The zero-order valence-corrected chi connectivity index (χ0v) is 48.7. The van der Waals surface area contributed by atoms with E-state index in [1.807, 2.05) is 0 Å². The maximum atomic E-state index is 12.9. The van der Waals surface area contributed by atoms with E-state index in [4.69, 9.17) is 14.2 Å². The van der Waals surface area contributed by atoms with E-state index in [1.54, 1.807) is 0 Å². The first-order chi connectivity index (χ1) is 35.5. The Balaban J connectivity index is 4.16. The lowest BCUT2D eigenvalue weighted by molar-refractivity contribution is -0.167. The van der Waals surface area contributed by atoms with Gasteiger partial charge < -0.3 is 14.2 Å². The van der Waals surface area contributed by atoms with Gasteiger partial charge in [0.1, 0.15) is 13.2 Å². The van der Waals surface area contributed by atoms with Crippen LogP contribution in [-0.2, 0) is 28.6 Å². The van der Waals surface area contributed by atoms with Crippen LogP contribution in [0.4, 0.5) is 0 Å². The molecule has 0 saturated heterocycles. The molecule has 72 heavy (non-hydrogen) atoms. The normalized spacial score (nSPS) is 12.1. The van der Waals surface area contributed by atoms with Crippen LogP contribution in [0.1, 0.15) is 361 Å². The number of hydrogen-bond acceptors (Lipinski definition) is 6. The molecule has 6 heteroatoms. The van der Waals surface area contributed by atoms with Crippen molar-refractivity contribution in [2.45, 2.75) is 367 Å². The molecule has 0 fully saturated rings. The monoisotopic (exact) mass is 1010 g/mol. The summed E-state index contributed by atoms with van der Waals surface area (Å²) < 4.78 is 16.9. The van der Waals surface area contributed by atoms with Gasteiger partial charge in [-0.1, -0.05) is 315 Å². The highest BCUT2D eigenvalue weighted by Gasteiger charge is 2.19. The van der Waals surface area contributed by atoms with Crippen molar-refractivity contribution in [3.63, 3.8) is 0 Å². The lowest BCUT2D eigenvalue weighted by atomic mass is 10.0. The fourth-order valence-corrected chi connectivity index (χ4v) is 9.83. The second kappa shape index (κ2) is 61.4. The van der Waals surface area contributed by atoms with Crippen LogP contribution < -0.4 is 0 Å². The van der Waals surface area contributed by atoms with E-state index in [0.717, 1.165) is 64.2 Å². The Hall–Kier alpha value is -2.11. The number of carbonyl (C=O) groups is 3. The molecule has 0 N–H and O–H groups in total. The van der Waals surface area contributed by atoms with Crippen molar-refractivity contribution in [3.05, 3.63) is 24.3 Å². The molecule has 0 bridgehead atoms. The molecule has 0 aliphatic carbocycles. The molecule has 0 radical (unpaired) electrons. The van der Waals surface area contributed by atoms with Gasteiger partial charge in [-0.05, 0) is 51.4 Å². The van der Waals surface area contributed by atoms with Gasteiger partial charge in [-0.2, -0.15) is 0 Å². The molecule has 0 heterocycles. The summed E-state index contributed by atoms with van der Waals surface area (Å²) in [6.45, 7) is 6.67. The van der Waals surface area contributed by atoms with Gasteiger partial charge in [0.05, 0.1) is 0 Å². The average Bonchev–Trinajstić information content (AvgIpc) is 3.38.